The Bertz CT molecular complexity index is 1280. The molecule has 7 nitrogen and oxygen atoms in total. The number of rotatable bonds is 9. The summed E-state index contributed by atoms with van der Waals surface area (Å²) in [5.41, 5.74) is 5.41. The predicted molar refractivity (Wildman–Crippen MR) is 145 cm³/mol. The van der Waals surface area contributed by atoms with Crippen molar-refractivity contribution >= 4 is 41.2 Å². The van der Waals surface area contributed by atoms with Gasteiger partial charge in [0.1, 0.15) is 0 Å². The van der Waals surface area contributed by atoms with Gasteiger partial charge in [-0.25, -0.2) is 0 Å². The first-order chi connectivity index (χ1) is 18.0. The van der Waals surface area contributed by atoms with E-state index < -0.39 is 0 Å². The lowest BCUT2D eigenvalue weighted by Gasteiger charge is -2.27. The number of nitrogens with one attached hydrogen (secondary N) is 2. The molecule has 0 aromatic heterocycles. The van der Waals surface area contributed by atoms with E-state index in [1.54, 1.807) is 24.3 Å². The van der Waals surface area contributed by atoms with Crippen molar-refractivity contribution in [2.45, 2.75) is 38.8 Å². The minimum Gasteiger partial charge on any atom is -0.392 e. The van der Waals surface area contributed by atoms with Crippen molar-refractivity contribution in [3.05, 3.63) is 95.1 Å². The molecule has 7 heteroatoms. The number of fused-ring (bicyclic) bond motifs is 2. The van der Waals surface area contributed by atoms with Crippen LogP contribution < -0.4 is 15.5 Å². The smallest absolute Gasteiger partial charge is 0.243 e. The van der Waals surface area contributed by atoms with Gasteiger partial charge in [0.05, 0.1) is 25.4 Å². The highest BCUT2D eigenvalue weighted by atomic mass is 16.3. The van der Waals surface area contributed by atoms with Gasteiger partial charge >= 0.3 is 0 Å². The van der Waals surface area contributed by atoms with Crippen molar-refractivity contribution in [3.63, 3.8) is 0 Å². The number of aliphatic hydroxyl groups is 1. The Morgan fingerprint density at radius 1 is 0.784 bits per heavy atom. The minimum absolute atomic E-state index is 0.0181. The lowest BCUT2D eigenvalue weighted by molar-refractivity contribution is -0.124. The first kappa shape index (κ1) is 25.9. The van der Waals surface area contributed by atoms with Crippen LogP contribution in [0.5, 0.6) is 0 Å². The molecule has 0 unspecified atom stereocenters. The molecule has 0 atom stereocenters. The molecule has 0 saturated carbocycles. The maximum absolute atomic E-state index is 13.2. The molecule has 0 saturated heterocycles. The van der Waals surface area contributed by atoms with E-state index >= 15 is 0 Å². The number of unbranched alkanes of at least 4 members (excludes halogenated alkanes) is 1. The van der Waals surface area contributed by atoms with Crippen LogP contribution in [-0.4, -0.2) is 29.4 Å². The molecule has 190 valence electrons. The third-order valence-corrected chi connectivity index (χ3v) is 6.27. The van der Waals surface area contributed by atoms with Crippen LogP contribution in [0.4, 0.5) is 11.4 Å². The fourth-order valence-electron chi connectivity index (χ4n) is 4.24. The van der Waals surface area contributed by atoms with Crippen LogP contribution >= 0.6 is 0 Å². The largest absolute Gasteiger partial charge is 0.392 e. The van der Waals surface area contributed by atoms with Crippen molar-refractivity contribution < 1.29 is 19.5 Å². The second-order valence-corrected chi connectivity index (χ2v) is 8.96. The molecule has 4 rings (SSSR count). The Labute approximate surface area is 216 Å². The average molecular weight is 498 g/mol. The number of aliphatic hydroxyl groups excluding tert-OH is 1. The summed E-state index contributed by atoms with van der Waals surface area (Å²) in [5, 5.41) is 14.4. The zero-order chi connectivity index (χ0) is 26.0. The van der Waals surface area contributed by atoms with Gasteiger partial charge in [0.15, 0.2) is 0 Å². The minimum atomic E-state index is -0.328. The number of hydrogen-bond donors (Lipinski definition) is 3. The molecule has 3 amide bonds. The monoisotopic (exact) mass is 497 g/mol. The fourth-order valence-corrected chi connectivity index (χ4v) is 4.24. The van der Waals surface area contributed by atoms with Gasteiger partial charge in [-0.3, -0.25) is 14.4 Å². The standard InChI is InChI=1S/C30H31N3O4/c34-21-22-13-17-26(18-14-22)32-29(36)19-31-28(35)11-5-6-12-30(37)33-20-25-9-2-1-7-23(25)15-16-24-8-3-4-10-27(24)33/h1-4,7-10,13-18,34H,5-6,11-12,19-21H2,(H,31,35)(H,32,36)/b16-15-. The number of amides is 3. The Kier molecular flexibility index (Phi) is 8.84. The molecule has 0 radical (unpaired) electrons. The number of carbonyl (C=O) groups excluding carboxylic acids is 3. The van der Waals surface area contributed by atoms with Gasteiger partial charge in [0, 0.05) is 18.5 Å². The molecule has 3 N–H and O–H groups in total. The lowest BCUT2D eigenvalue weighted by Crippen LogP contribution is -2.33. The van der Waals surface area contributed by atoms with E-state index in [2.05, 4.69) is 16.7 Å². The second kappa shape index (κ2) is 12.6. The lowest BCUT2D eigenvalue weighted by atomic mass is 10.0. The van der Waals surface area contributed by atoms with Gasteiger partial charge in [-0.15, -0.1) is 0 Å². The van der Waals surface area contributed by atoms with E-state index in [9.17, 15) is 14.4 Å². The number of benzene rings is 3. The maximum atomic E-state index is 13.2. The van der Waals surface area contributed by atoms with Gasteiger partial charge in [-0.05, 0) is 53.3 Å². The van der Waals surface area contributed by atoms with Crippen LogP contribution in [0.25, 0.3) is 12.2 Å². The molecular formula is C30H31N3O4. The van der Waals surface area contributed by atoms with Gasteiger partial charge in [-0.1, -0.05) is 66.7 Å². The third kappa shape index (κ3) is 7.15. The van der Waals surface area contributed by atoms with Crippen molar-refractivity contribution in [1.82, 2.24) is 5.32 Å². The summed E-state index contributed by atoms with van der Waals surface area (Å²) in [6, 6.07) is 22.8. The number of nitrogens with zero attached hydrogens (tertiary/aromatic N) is 1. The topological polar surface area (TPSA) is 98.7 Å². The highest BCUT2D eigenvalue weighted by Gasteiger charge is 2.20. The van der Waals surface area contributed by atoms with Gasteiger partial charge < -0.3 is 20.6 Å². The van der Waals surface area contributed by atoms with Gasteiger partial charge in [0.25, 0.3) is 0 Å². The summed E-state index contributed by atoms with van der Waals surface area (Å²) in [4.78, 5) is 39.3. The zero-order valence-electron chi connectivity index (χ0n) is 20.7. The Morgan fingerprint density at radius 3 is 2.24 bits per heavy atom. The maximum Gasteiger partial charge on any atom is 0.243 e. The van der Waals surface area contributed by atoms with Crippen LogP contribution in [0.3, 0.4) is 0 Å². The Morgan fingerprint density at radius 2 is 1.46 bits per heavy atom. The molecule has 37 heavy (non-hydrogen) atoms. The van der Waals surface area contributed by atoms with Crippen LogP contribution in [0.1, 0.15) is 47.9 Å². The fraction of sp³-hybridized carbons (Fsp3) is 0.233. The zero-order valence-corrected chi connectivity index (χ0v) is 20.7. The first-order valence-corrected chi connectivity index (χ1v) is 12.5. The first-order valence-electron chi connectivity index (χ1n) is 12.5. The van der Waals surface area contributed by atoms with E-state index in [1.165, 1.54) is 0 Å². The van der Waals surface area contributed by atoms with E-state index in [1.807, 2.05) is 59.5 Å². The summed E-state index contributed by atoms with van der Waals surface area (Å²) >= 11 is 0. The highest BCUT2D eigenvalue weighted by molar-refractivity contribution is 5.97. The number of anilines is 2. The summed E-state index contributed by atoms with van der Waals surface area (Å²) in [5.74, 6) is -0.538. The number of para-hydroxylation sites is 1. The highest BCUT2D eigenvalue weighted by Crippen LogP contribution is 2.29. The summed E-state index contributed by atoms with van der Waals surface area (Å²) in [7, 11) is 0. The SMILES string of the molecule is O=C(CCCCC(=O)N1Cc2ccccc2/C=C\c2ccccc21)NCC(=O)Nc1ccc(CO)cc1. The van der Waals surface area contributed by atoms with Crippen LogP contribution in [0.2, 0.25) is 0 Å². The number of hydrogen-bond acceptors (Lipinski definition) is 4. The average Bonchev–Trinajstić information content (AvgIpc) is 2.91. The summed E-state index contributed by atoms with van der Waals surface area (Å²) in [6.07, 6.45) is 5.82. The second-order valence-electron chi connectivity index (χ2n) is 8.96. The Hall–Kier alpha value is -4.23. The van der Waals surface area contributed by atoms with Crippen LogP contribution in [0.15, 0.2) is 72.8 Å². The molecule has 1 heterocycles. The molecule has 1 aliphatic heterocycles. The molecule has 3 aromatic rings. The molecule has 0 fully saturated rings. The van der Waals surface area contributed by atoms with E-state index in [4.69, 9.17) is 5.11 Å². The molecule has 0 aliphatic carbocycles. The molecule has 1 aliphatic rings. The summed E-state index contributed by atoms with van der Waals surface area (Å²) in [6.45, 7) is 0.304. The van der Waals surface area contributed by atoms with Crippen molar-refractivity contribution in [2.75, 3.05) is 16.8 Å². The Balaban J connectivity index is 1.24. The summed E-state index contributed by atoms with van der Waals surface area (Å²) < 4.78 is 0. The van der Waals surface area contributed by atoms with Gasteiger partial charge in [-0.2, -0.15) is 0 Å². The molecule has 0 bridgehead atoms. The van der Waals surface area contributed by atoms with E-state index in [-0.39, 0.29) is 37.3 Å². The van der Waals surface area contributed by atoms with E-state index in [0.29, 0.717) is 31.5 Å². The normalized spacial score (nSPS) is 12.9. The van der Waals surface area contributed by atoms with E-state index in [0.717, 1.165) is 27.9 Å². The van der Waals surface area contributed by atoms with Crippen molar-refractivity contribution in [3.8, 4) is 0 Å². The quantitative estimate of drug-likeness (QED) is 0.379. The predicted octanol–water partition coefficient (Wildman–Crippen LogP) is 4.51. The van der Waals surface area contributed by atoms with Crippen molar-refractivity contribution in [1.29, 1.82) is 0 Å². The molecule has 0 spiro atoms. The van der Waals surface area contributed by atoms with Crippen molar-refractivity contribution in [2.24, 2.45) is 0 Å². The number of carbonyl (C=O) groups is 3. The molecule has 3 aromatic carbocycles. The van der Waals surface area contributed by atoms with Gasteiger partial charge in [0.2, 0.25) is 17.7 Å². The third-order valence-electron chi connectivity index (χ3n) is 6.27. The molecular weight excluding hydrogens is 466 g/mol. The van der Waals surface area contributed by atoms with Crippen LogP contribution in [0, 0.1) is 0 Å². The van der Waals surface area contributed by atoms with Crippen LogP contribution in [-0.2, 0) is 27.5 Å².